The molecule has 0 saturated carbocycles. The van der Waals surface area contributed by atoms with Gasteiger partial charge in [0.2, 0.25) is 5.91 Å². The van der Waals surface area contributed by atoms with Crippen molar-refractivity contribution < 1.29 is 27.5 Å². The second-order valence-electron chi connectivity index (χ2n) is 7.41. The van der Waals surface area contributed by atoms with Gasteiger partial charge in [-0.15, -0.1) is 0 Å². The number of pyridine rings is 1. The molecule has 1 heterocycles. The maximum absolute atomic E-state index is 13.1. The molecule has 3 rings (SSSR count). The van der Waals surface area contributed by atoms with Crippen LogP contribution in [-0.4, -0.2) is 28.8 Å². The van der Waals surface area contributed by atoms with Gasteiger partial charge in [0.1, 0.15) is 24.9 Å². The molecule has 7 nitrogen and oxygen atoms in total. The topological polar surface area (TPSA) is 89.4 Å². The third-order valence-corrected chi connectivity index (χ3v) is 4.86. The molecule has 1 unspecified atom stereocenters. The Morgan fingerprint density at radius 3 is 2.21 bits per heavy atom. The van der Waals surface area contributed by atoms with Crippen LogP contribution in [0.3, 0.4) is 0 Å². The first kappa shape index (κ1) is 24.6. The third-order valence-electron chi connectivity index (χ3n) is 4.86. The molecule has 3 aromatic rings. The molecule has 178 valence electrons. The average molecular weight is 473 g/mol. The number of hydrogen-bond donors (Lipinski definition) is 2. The number of carbonyl (C=O) groups is 2. The Morgan fingerprint density at radius 2 is 1.59 bits per heavy atom. The van der Waals surface area contributed by atoms with E-state index in [1.807, 2.05) is 11.4 Å². The molecule has 0 bridgehead atoms. The summed E-state index contributed by atoms with van der Waals surface area (Å²) in [5, 5.41) is 4.17. The van der Waals surface area contributed by atoms with Crippen LogP contribution in [-0.2, 0) is 22.7 Å². The largest absolute Gasteiger partial charge is 0.444 e. The minimum atomic E-state index is -4.63. The number of hydrogen-bond acceptors (Lipinski definition) is 4. The zero-order valence-corrected chi connectivity index (χ0v) is 18.1. The molecule has 0 spiro atoms. The van der Waals surface area contributed by atoms with E-state index < -0.39 is 36.3 Å². The van der Waals surface area contributed by atoms with Crippen molar-refractivity contribution in [2.24, 2.45) is 0 Å². The summed E-state index contributed by atoms with van der Waals surface area (Å²) < 4.78 is 44.6. The van der Waals surface area contributed by atoms with Crippen molar-refractivity contribution in [3.8, 4) is 11.3 Å². The number of rotatable bonds is 7. The summed E-state index contributed by atoms with van der Waals surface area (Å²) >= 11 is 0. The van der Waals surface area contributed by atoms with Crippen molar-refractivity contribution in [3.63, 3.8) is 0 Å². The van der Waals surface area contributed by atoms with Crippen molar-refractivity contribution >= 4 is 17.7 Å². The Hall–Kier alpha value is -4.08. The summed E-state index contributed by atoms with van der Waals surface area (Å²) in [6.07, 6.45) is -5.52. The molecular formula is C24H22F3N3O4. The maximum atomic E-state index is 13.1. The number of nitrogens with one attached hydrogen (secondary N) is 2. The van der Waals surface area contributed by atoms with Crippen molar-refractivity contribution in [2.75, 3.05) is 5.32 Å². The summed E-state index contributed by atoms with van der Waals surface area (Å²) in [5.74, 6) is -1.01. The average Bonchev–Trinajstić information content (AvgIpc) is 2.81. The normalized spacial score (nSPS) is 12.0. The van der Waals surface area contributed by atoms with E-state index in [-0.39, 0.29) is 12.3 Å². The highest BCUT2D eigenvalue weighted by Crippen LogP contribution is 2.21. The van der Waals surface area contributed by atoms with Gasteiger partial charge in [0.05, 0.1) is 5.69 Å². The SMILES string of the molecule is CC(NC(=O)Cn1c(-c2ccccc2)ccc(NC(=O)OCc2ccccc2)c1=O)C(F)(F)F. The quantitative estimate of drug-likeness (QED) is 0.535. The fraction of sp³-hybridized carbons (Fsp3) is 0.208. The highest BCUT2D eigenvalue weighted by molar-refractivity contribution is 5.85. The Bertz CT molecular complexity index is 1200. The number of benzene rings is 2. The molecular weight excluding hydrogens is 451 g/mol. The van der Waals surface area contributed by atoms with Gasteiger partial charge in [0, 0.05) is 0 Å². The number of alkyl halides is 3. The molecule has 0 radical (unpaired) electrons. The van der Waals surface area contributed by atoms with Crippen LogP contribution < -0.4 is 16.2 Å². The van der Waals surface area contributed by atoms with E-state index in [0.717, 1.165) is 17.1 Å². The molecule has 10 heteroatoms. The Balaban J connectivity index is 1.84. The molecule has 0 saturated heterocycles. The van der Waals surface area contributed by atoms with Crippen molar-refractivity contribution in [3.05, 3.63) is 88.7 Å². The lowest BCUT2D eigenvalue weighted by Gasteiger charge is -2.19. The second-order valence-corrected chi connectivity index (χ2v) is 7.41. The summed E-state index contributed by atoms with van der Waals surface area (Å²) in [4.78, 5) is 37.6. The van der Waals surface area contributed by atoms with E-state index in [2.05, 4.69) is 5.32 Å². The number of nitrogens with zero attached hydrogens (tertiary/aromatic N) is 1. The lowest BCUT2D eigenvalue weighted by atomic mass is 10.1. The van der Waals surface area contributed by atoms with Gasteiger partial charge in [-0.25, -0.2) is 4.79 Å². The van der Waals surface area contributed by atoms with Gasteiger partial charge in [0.15, 0.2) is 0 Å². The Labute approximate surface area is 193 Å². The number of halogens is 3. The van der Waals surface area contributed by atoms with Crippen molar-refractivity contribution in [2.45, 2.75) is 32.3 Å². The van der Waals surface area contributed by atoms with Crippen LogP contribution >= 0.6 is 0 Å². The predicted molar refractivity (Wildman–Crippen MR) is 120 cm³/mol. The van der Waals surface area contributed by atoms with Gasteiger partial charge in [-0.3, -0.25) is 19.5 Å². The van der Waals surface area contributed by atoms with Crippen LogP contribution in [0.1, 0.15) is 12.5 Å². The summed E-state index contributed by atoms with van der Waals surface area (Å²) in [5.41, 5.74) is 0.644. The summed E-state index contributed by atoms with van der Waals surface area (Å²) in [6.45, 7) is 0.0955. The van der Waals surface area contributed by atoms with Gasteiger partial charge in [-0.05, 0) is 30.2 Å². The zero-order chi connectivity index (χ0) is 24.7. The standard InChI is InChI=1S/C24H22F3N3O4/c1-16(24(25,26)27)28-21(31)14-30-20(18-10-6-3-7-11-18)13-12-19(22(30)32)29-23(33)34-15-17-8-4-2-5-9-17/h2-13,16H,14-15H2,1H3,(H,28,31)(H,29,33). The summed E-state index contributed by atoms with van der Waals surface area (Å²) in [6, 6.07) is 18.2. The van der Waals surface area contributed by atoms with Crippen LogP contribution in [0.15, 0.2) is 77.6 Å². The van der Waals surface area contributed by atoms with Crippen LogP contribution in [0.4, 0.5) is 23.7 Å². The van der Waals surface area contributed by atoms with E-state index in [0.29, 0.717) is 11.3 Å². The molecule has 0 fully saturated rings. The van der Waals surface area contributed by atoms with E-state index in [1.165, 1.54) is 12.1 Å². The summed E-state index contributed by atoms with van der Waals surface area (Å²) in [7, 11) is 0. The number of ether oxygens (including phenoxy) is 1. The smallest absolute Gasteiger partial charge is 0.412 e. The fourth-order valence-electron chi connectivity index (χ4n) is 3.07. The van der Waals surface area contributed by atoms with Gasteiger partial charge in [-0.1, -0.05) is 60.7 Å². The molecule has 1 aromatic heterocycles. The Morgan fingerprint density at radius 1 is 0.971 bits per heavy atom. The van der Waals surface area contributed by atoms with Crippen molar-refractivity contribution in [1.82, 2.24) is 9.88 Å². The predicted octanol–water partition coefficient (Wildman–Crippen LogP) is 4.33. The van der Waals surface area contributed by atoms with E-state index in [9.17, 15) is 27.6 Å². The van der Waals surface area contributed by atoms with E-state index >= 15 is 0 Å². The van der Waals surface area contributed by atoms with Crippen LogP contribution in [0, 0.1) is 0 Å². The van der Waals surface area contributed by atoms with Crippen LogP contribution in [0.5, 0.6) is 0 Å². The van der Waals surface area contributed by atoms with E-state index in [4.69, 9.17) is 4.74 Å². The minimum Gasteiger partial charge on any atom is -0.444 e. The molecule has 34 heavy (non-hydrogen) atoms. The molecule has 2 aromatic carbocycles. The number of aromatic nitrogens is 1. The van der Waals surface area contributed by atoms with Crippen LogP contribution in [0.2, 0.25) is 0 Å². The number of anilines is 1. The molecule has 1 atom stereocenters. The van der Waals surface area contributed by atoms with Crippen LogP contribution in [0.25, 0.3) is 11.3 Å². The molecule has 0 aliphatic heterocycles. The lowest BCUT2D eigenvalue weighted by Crippen LogP contribution is -2.45. The minimum absolute atomic E-state index is 0.0271. The van der Waals surface area contributed by atoms with Gasteiger partial charge < -0.3 is 10.1 Å². The lowest BCUT2D eigenvalue weighted by molar-refractivity contribution is -0.158. The van der Waals surface area contributed by atoms with Gasteiger partial charge in [0.25, 0.3) is 5.56 Å². The number of carbonyl (C=O) groups excluding carboxylic acids is 2. The molecule has 2 N–H and O–H groups in total. The molecule has 2 amide bonds. The Kier molecular flexibility index (Phi) is 7.72. The highest BCUT2D eigenvalue weighted by atomic mass is 19.4. The van der Waals surface area contributed by atoms with Gasteiger partial charge >= 0.3 is 12.3 Å². The van der Waals surface area contributed by atoms with Gasteiger partial charge in [-0.2, -0.15) is 13.2 Å². The maximum Gasteiger partial charge on any atom is 0.412 e. The molecule has 0 aliphatic rings. The number of amides is 2. The van der Waals surface area contributed by atoms with E-state index in [1.54, 1.807) is 54.6 Å². The fourth-order valence-corrected chi connectivity index (χ4v) is 3.07. The first-order chi connectivity index (χ1) is 16.1. The first-order valence-electron chi connectivity index (χ1n) is 10.3. The monoisotopic (exact) mass is 473 g/mol. The second kappa shape index (κ2) is 10.7. The van der Waals surface area contributed by atoms with Crippen molar-refractivity contribution in [1.29, 1.82) is 0 Å². The highest BCUT2D eigenvalue weighted by Gasteiger charge is 2.37. The first-order valence-corrected chi connectivity index (χ1v) is 10.3. The third kappa shape index (κ3) is 6.47. The molecule has 0 aliphatic carbocycles. The zero-order valence-electron chi connectivity index (χ0n) is 18.1.